The quantitative estimate of drug-likeness (QED) is 0.0918. The average Bonchev–Trinajstić information content (AvgIpc) is 3.23. The summed E-state index contributed by atoms with van der Waals surface area (Å²) in [6.45, 7) is 4.57. The smallest absolute Gasteiger partial charge is 0.241 e. The van der Waals surface area contributed by atoms with Gasteiger partial charge in [-0.2, -0.15) is 4.72 Å². The molecule has 6 atom stereocenters. The van der Waals surface area contributed by atoms with Crippen LogP contribution in [0.4, 0.5) is 0 Å². The van der Waals surface area contributed by atoms with Crippen LogP contribution >= 0.6 is 0 Å². The zero-order valence-electron chi connectivity index (χ0n) is 32.0. The van der Waals surface area contributed by atoms with Gasteiger partial charge >= 0.3 is 0 Å². The van der Waals surface area contributed by atoms with Crippen molar-refractivity contribution in [2.75, 3.05) is 13.6 Å². The van der Waals surface area contributed by atoms with Crippen LogP contribution in [0.2, 0.25) is 0 Å². The monoisotopic (exact) mass is 777 g/mol. The molecule has 0 spiro atoms. The number of aryl methyl sites for hydroxylation is 1. The van der Waals surface area contributed by atoms with E-state index in [1.54, 1.807) is 12.1 Å². The molecule has 1 aliphatic rings. The second-order valence-corrected chi connectivity index (χ2v) is 16.2. The second-order valence-electron chi connectivity index (χ2n) is 14.5. The lowest BCUT2D eigenvalue weighted by Crippen LogP contribution is -2.47. The van der Waals surface area contributed by atoms with Crippen LogP contribution in [0.1, 0.15) is 70.8 Å². The van der Waals surface area contributed by atoms with Crippen molar-refractivity contribution in [2.45, 2.75) is 81.4 Å². The molecule has 0 aromatic heterocycles. The van der Waals surface area contributed by atoms with Gasteiger partial charge < -0.3 is 25.0 Å². The molecule has 11 heteroatoms. The molecule has 1 saturated heterocycles. The van der Waals surface area contributed by atoms with Crippen molar-refractivity contribution >= 4 is 15.9 Å². The Kier molecular flexibility index (Phi) is 13.8. The maximum atomic E-state index is 13.6. The number of nitrogens with zero attached hydrogens (tertiary/aromatic N) is 1. The normalized spacial score (nSPS) is 18.9. The molecule has 1 amide bonds. The molecule has 0 radical (unpaired) electrons. The van der Waals surface area contributed by atoms with E-state index in [0.717, 1.165) is 38.9 Å². The van der Waals surface area contributed by atoms with Gasteiger partial charge in [0.2, 0.25) is 15.9 Å². The molecule has 5 aromatic carbocycles. The summed E-state index contributed by atoms with van der Waals surface area (Å²) in [4.78, 5) is 15.8. The maximum Gasteiger partial charge on any atom is 0.241 e. The van der Waals surface area contributed by atoms with Crippen LogP contribution in [0.25, 0.3) is 0 Å². The van der Waals surface area contributed by atoms with Crippen molar-refractivity contribution in [3.63, 3.8) is 0 Å². The van der Waals surface area contributed by atoms with Gasteiger partial charge in [0.1, 0.15) is 6.04 Å². The highest BCUT2D eigenvalue weighted by Crippen LogP contribution is 2.38. The van der Waals surface area contributed by atoms with Gasteiger partial charge in [0.05, 0.1) is 29.8 Å². The van der Waals surface area contributed by atoms with E-state index in [0.29, 0.717) is 13.0 Å². The summed E-state index contributed by atoms with van der Waals surface area (Å²) in [5.74, 6) is -0.443. The minimum atomic E-state index is -3.97. The van der Waals surface area contributed by atoms with E-state index in [1.165, 1.54) is 12.1 Å². The molecule has 5 aromatic rings. The molecule has 56 heavy (non-hydrogen) atoms. The van der Waals surface area contributed by atoms with Crippen LogP contribution in [0.5, 0.6) is 0 Å². The van der Waals surface area contributed by atoms with Gasteiger partial charge in [0.25, 0.3) is 0 Å². The zero-order chi connectivity index (χ0) is 39.7. The SMILES string of the molecule is Cc1ccc(S(=O)(=O)N[C@H](Cc2ccccc2)C(=O)NCc2ccc([C@H]3O[C@@H](CN(C)[C@H](C)[C@@H](O)c4ccccc4)C[C@@H](c4ccc(CO)cc4)O3)cc2)cc1. The van der Waals surface area contributed by atoms with Crippen molar-refractivity contribution in [1.82, 2.24) is 14.9 Å². The highest BCUT2D eigenvalue weighted by molar-refractivity contribution is 7.89. The minimum absolute atomic E-state index is 0.0455. The van der Waals surface area contributed by atoms with Crippen LogP contribution in [0.3, 0.4) is 0 Å². The number of sulfonamides is 1. The Balaban J connectivity index is 1.14. The number of hydrogen-bond donors (Lipinski definition) is 4. The number of benzene rings is 5. The van der Waals surface area contributed by atoms with Crippen molar-refractivity contribution in [3.05, 3.63) is 172 Å². The molecule has 4 N–H and O–H groups in total. The number of hydrogen-bond acceptors (Lipinski definition) is 8. The molecule has 1 heterocycles. The number of rotatable bonds is 16. The Hall–Kier alpha value is -4.72. The summed E-state index contributed by atoms with van der Waals surface area (Å²) in [6, 6.07) is 39.5. The molecule has 294 valence electrons. The van der Waals surface area contributed by atoms with Crippen molar-refractivity contribution in [3.8, 4) is 0 Å². The fourth-order valence-electron chi connectivity index (χ4n) is 6.81. The van der Waals surface area contributed by atoms with E-state index in [2.05, 4.69) is 14.9 Å². The van der Waals surface area contributed by atoms with Crippen LogP contribution in [-0.4, -0.2) is 61.2 Å². The number of likely N-dealkylation sites (N-methyl/N-ethyl adjacent to an activating group) is 1. The van der Waals surface area contributed by atoms with Crippen molar-refractivity contribution < 1.29 is 32.9 Å². The number of aliphatic hydroxyl groups is 2. The van der Waals surface area contributed by atoms with Crippen molar-refractivity contribution in [1.29, 1.82) is 0 Å². The molecule has 1 aliphatic heterocycles. The number of aliphatic hydroxyl groups excluding tert-OH is 2. The van der Waals surface area contributed by atoms with Gasteiger partial charge in [0.15, 0.2) is 6.29 Å². The zero-order valence-corrected chi connectivity index (χ0v) is 32.8. The van der Waals surface area contributed by atoms with Gasteiger partial charge in [-0.1, -0.05) is 127 Å². The lowest BCUT2D eigenvalue weighted by atomic mass is 9.98. The summed E-state index contributed by atoms with van der Waals surface area (Å²) in [6.07, 6.45) is -1.09. The molecule has 1 fully saturated rings. The first-order chi connectivity index (χ1) is 27.0. The molecule has 0 unspecified atom stereocenters. The molecule has 0 bridgehead atoms. The molecule has 10 nitrogen and oxygen atoms in total. The third kappa shape index (κ3) is 10.8. The minimum Gasteiger partial charge on any atom is -0.392 e. The molecule has 6 rings (SSSR count). The Morgan fingerprint density at radius 1 is 0.804 bits per heavy atom. The number of ether oxygens (including phenoxy) is 2. The van der Waals surface area contributed by atoms with Crippen LogP contribution in [0.15, 0.2) is 138 Å². The lowest BCUT2D eigenvalue weighted by molar-refractivity contribution is -0.253. The highest BCUT2D eigenvalue weighted by atomic mass is 32.2. The number of amides is 1. The summed E-state index contributed by atoms with van der Waals surface area (Å²) >= 11 is 0. The van der Waals surface area contributed by atoms with Gasteiger partial charge in [-0.05, 0) is 67.3 Å². The number of nitrogens with one attached hydrogen (secondary N) is 2. The summed E-state index contributed by atoms with van der Waals surface area (Å²) < 4.78 is 42.4. The van der Waals surface area contributed by atoms with E-state index in [-0.39, 0.29) is 42.7 Å². The van der Waals surface area contributed by atoms with Crippen LogP contribution in [0, 0.1) is 6.92 Å². The Morgan fingerprint density at radius 3 is 2.05 bits per heavy atom. The van der Waals surface area contributed by atoms with Gasteiger partial charge in [-0.15, -0.1) is 0 Å². The van der Waals surface area contributed by atoms with Crippen molar-refractivity contribution in [2.24, 2.45) is 0 Å². The Bertz CT molecular complexity index is 2100. The summed E-state index contributed by atoms with van der Waals surface area (Å²) in [7, 11) is -1.99. The molecule has 0 saturated carbocycles. The summed E-state index contributed by atoms with van der Waals surface area (Å²) in [5.41, 5.74) is 6.01. The van der Waals surface area contributed by atoms with E-state index < -0.39 is 34.4 Å². The Labute approximate surface area is 330 Å². The van der Waals surface area contributed by atoms with Crippen LogP contribution < -0.4 is 10.0 Å². The third-order valence-corrected chi connectivity index (χ3v) is 11.8. The number of carbonyl (C=O) groups excluding carboxylic acids is 1. The second kappa shape index (κ2) is 18.9. The Morgan fingerprint density at radius 2 is 1.41 bits per heavy atom. The number of carbonyl (C=O) groups is 1. The van der Waals surface area contributed by atoms with Crippen LogP contribution in [-0.2, 0) is 43.9 Å². The standard InChI is InChI=1S/C45H51N3O7S/c1-31-14-24-40(25-15-31)56(52,53)47-41(26-33-10-6-4-7-11-33)44(51)46-28-34-16-22-38(23-17-34)45-54-39(27-42(55-45)36-20-18-35(30-49)19-21-36)29-48(3)32(2)43(50)37-12-8-5-9-13-37/h4-25,32,39,41-43,45,47,49-50H,26-30H2,1-3H3,(H,46,51)/t32-,39-,41-,42+,43-,45+/m1/s1. The molecule has 0 aliphatic carbocycles. The summed E-state index contributed by atoms with van der Waals surface area (Å²) in [5, 5.41) is 23.6. The van der Waals surface area contributed by atoms with E-state index >= 15 is 0 Å². The van der Waals surface area contributed by atoms with E-state index in [9.17, 15) is 23.4 Å². The molecular formula is C45H51N3O7S. The average molecular weight is 778 g/mol. The van der Waals surface area contributed by atoms with Gasteiger partial charge in [-0.3, -0.25) is 9.69 Å². The predicted octanol–water partition coefficient (Wildman–Crippen LogP) is 6.29. The van der Waals surface area contributed by atoms with E-state index in [1.807, 2.05) is 130 Å². The third-order valence-electron chi connectivity index (χ3n) is 10.3. The fourth-order valence-corrected chi connectivity index (χ4v) is 8.00. The first-order valence-electron chi connectivity index (χ1n) is 18.9. The fraction of sp³-hybridized carbons (Fsp3) is 0.311. The maximum absolute atomic E-state index is 13.6. The molecular weight excluding hydrogens is 727 g/mol. The predicted molar refractivity (Wildman–Crippen MR) is 216 cm³/mol. The van der Waals surface area contributed by atoms with Gasteiger partial charge in [-0.25, -0.2) is 8.42 Å². The van der Waals surface area contributed by atoms with Gasteiger partial charge in [0, 0.05) is 31.1 Å². The lowest BCUT2D eigenvalue weighted by Gasteiger charge is -2.39. The highest BCUT2D eigenvalue weighted by Gasteiger charge is 2.34. The largest absolute Gasteiger partial charge is 0.392 e. The van der Waals surface area contributed by atoms with E-state index in [4.69, 9.17) is 9.47 Å². The topological polar surface area (TPSA) is 137 Å². The first-order valence-corrected chi connectivity index (χ1v) is 20.4. The first kappa shape index (κ1) is 40.9.